The Labute approximate surface area is 182 Å². The minimum atomic E-state index is -0.392. The van der Waals surface area contributed by atoms with Gasteiger partial charge in [0.15, 0.2) is 0 Å². The molecule has 3 aromatic rings. The SMILES string of the molecule is Cc1ccc(N2CC(C(=O)Nc3ccnn3Cc3ccc(N(C)C)cc3)CC2=O)cc1. The molecule has 31 heavy (non-hydrogen) atoms. The Morgan fingerprint density at radius 1 is 1.10 bits per heavy atom. The van der Waals surface area contributed by atoms with E-state index in [0.29, 0.717) is 18.9 Å². The molecule has 1 aliphatic heterocycles. The molecule has 1 unspecified atom stereocenters. The molecule has 2 aromatic carbocycles. The van der Waals surface area contributed by atoms with Crippen LogP contribution in [0.25, 0.3) is 0 Å². The number of carbonyl (C=O) groups is 2. The van der Waals surface area contributed by atoms with Crippen molar-refractivity contribution in [3.8, 4) is 0 Å². The van der Waals surface area contributed by atoms with Gasteiger partial charge in [0.05, 0.1) is 18.7 Å². The molecule has 2 heterocycles. The molecule has 1 saturated heterocycles. The van der Waals surface area contributed by atoms with Crippen LogP contribution in [0.5, 0.6) is 0 Å². The van der Waals surface area contributed by atoms with Crippen LogP contribution in [0.15, 0.2) is 60.8 Å². The van der Waals surface area contributed by atoms with E-state index in [-0.39, 0.29) is 18.2 Å². The molecular formula is C24H27N5O2. The van der Waals surface area contributed by atoms with Gasteiger partial charge in [-0.1, -0.05) is 29.8 Å². The Morgan fingerprint density at radius 3 is 2.48 bits per heavy atom. The molecule has 7 nitrogen and oxygen atoms in total. The summed E-state index contributed by atoms with van der Waals surface area (Å²) in [5, 5.41) is 7.31. The fourth-order valence-corrected chi connectivity index (χ4v) is 3.72. The van der Waals surface area contributed by atoms with Gasteiger partial charge in [0, 0.05) is 44.5 Å². The molecule has 1 fully saturated rings. The average molecular weight is 418 g/mol. The Kier molecular flexibility index (Phi) is 5.75. The molecular weight excluding hydrogens is 390 g/mol. The predicted molar refractivity (Wildman–Crippen MR) is 122 cm³/mol. The Morgan fingerprint density at radius 2 is 1.81 bits per heavy atom. The quantitative estimate of drug-likeness (QED) is 0.668. The summed E-state index contributed by atoms with van der Waals surface area (Å²) in [6.07, 6.45) is 1.88. The molecule has 4 rings (SSSR count). The third-order valence-electron chi connectivity index (χ3n) is 5.59. The number of rotatable bonds is 6. The predicted octanol–water partition coefficient (Wildman–Crippen LogP) is 3.30. The summed E-state index contributed by atoms with van der Waals surface area (Å²) in [7, 11) is 4.01. The number of amides is 2. The Balaban J connectivity index is 1.41. The number of aromatic nitrogens is 2. The van der Waals surface area contributed by atoms with Crippen LogP contribution < -0.4 is 15.1 Å². The first kappa shape index (κ1) is 20.7. The second kappa shape index (κ2) is 8.63. The van der Waals surface area contributed by atoms with Crippen molar-refractivity contribution in [1.29, 1.82) is 0 Å². The third kappa shape index (κ3) is 4.60. The minimum absolute atomic E-state index is 0.0292. The highest BCUT2D eigenvalue weighted by atomic mass is 16.2. The largest absolute Gasteiger partial charge is 0.378 e. The molecule has 1 atom stereocenters. The zero-order valence-electron chi connectivity index (χ0n) is 18.1. The first-order valence-electron chi connectivity index (χ1n) is 10.4. The second-order valence-corrected chi connectivity index (χ2v) is 8.17. The molecule has 1 aliphatic rings. The highest BCUT2D eigenvalue weighted by molar-refractivity contribution is 6.03. The van der Waals surface area contributed by atoms with Gasteiger partial charge in [-0.15, -0.1) is 0 Å². The van der Waals surface area contributed by atoms with Gasteiger partial charge in [0.1, 0.15) is 5.82 Å². The molecule has 7 heteroatoms. The van der Waals surface area contributed by atoms with Crippen LogP contribution in [0, 0.1) is 12.8 Å². The molecule has 0 aliphatic carbocycles. The van der Waals surface area contributed by atoms with Crippen molar-refractivity contribution in [2.45, 2.75) is 19.9 Å². The molecule has 0 bridgehead atoms. The van der Waals surface area contributed by atoms with Gasteiger partial charge >= 0.3 is 0 Å². The summed E-state index contributed by atoms with van der Waals surface area (Å²) in [6.45, 7) is 2.94. The lowest BCUT2D eigenvalue weighted by atomic mass is 10.1. The summed E-state index contributed by atoms with van der Waals surface area (Å²) in [6, 6.07) is 17.8. The van der Waals surface area contributed by atoms with E-state index in [1.807, 2.05) is 50.2 Å². The number of anilines is 3. The Bertz CT molecular complexity index is 1070. The van der Waals surface area contributed by atoms with E-state index >= 15 is 0 Å². The van der Waals surface area contributed by atoms with Crippen molar-refractivity contribution in [2.24, 2.45) is 5.92 Å². The van der Waals surface area contributed by atoms with Crippen LogP contribution in [0.3, 0.4) is 0 Å². The van der Waals surface area contributed by atoms with Gasteiger partial charge < -0.3 is 15.1 Å². The standard InChI is InChI=1S/C24H27N5O2/c1-17-4-8-21(9-5-17)28-16-19(14-23(28)30)24(31)26-22-12-13-25-29(22)15-18-6-10-20(11-7-18)27(2)3/h4-13,19H,14-16H2,1-3H3,(H,26,31). The van der Waals surface area contributed by atoms with Gasteiger partial charge in [0.2, 0.25) is 11.8 Å². The zero-order valence-corrected chi connectivity index (χ0v) is 18.1. The maximum Gasteiger partial charge on any atom is 0.230 e. The highest BCUT2D eigenvalue weighted by Gasteiger charge is 2.35. The summed E-state index contributed by atoms with van der Waals surface area (Å²) in [5.41, 5.74) is 4.18. The highest BCUT2D eigenvalue weighted by Crippen LogP contribution is 2.26. The molecule has 2 amide bonds. The number of nitrogens with one attached hydrogen (secondary N) is 1. The van der Waals surface area contributed by atoms with Crippen molar-refractivity contribution in [1.82, 2.24) is 9.78 Å². The van der Waals surface area contributed by atoms with E-state index < -0.39 is 5.92 Å². The number of nitrogens with zero attached hydrogens (tertiary/aromatic N) is 4. The van der Waals surface area contributed by atoms with Gasteiger partial charge in [-0.2, -0.15) is 5.10 Å². The van der Waals surface area contributed by atoms with Crippen LogP contribution in [0.4, 0.5) is 17.2 Å². The smallest absolute Gasteiger partial charge is 0.230 e. The molecule has 0 saturated carbocycles. The van der Waals surface area contributed by atoms with Crippen LogP contribution in [0.1, 0.15) is 17.5 Å². The van der Waals surface area contributed by atoms with Crippen molar-refractivity contribution in [3.05, 3.63) is 71.9 Å². The monoisotopic (exact) mass is 417 g/mol. The van der Waals surface area contributed by atoms with Crippen LogP contribution in [-0.4, -0.2) is 42.2 Å². The minimum Gasteiger partial charge on any atom is -0.378 e. The fourth-order valence-electron chi connectivity index (χ4n) is 3.72. The number of carbonyl (C=O) groups excluding carboxylic acids is 2. The number of hydrogen-bond donors (Lipinski definition) is 1. The fraction of sp³-hybridized carbons (Fsp3) is 0.292. The van der Waals surface area contributed by atoms with Crippen molar-refractivity contribution >= 4 is 29.0 Å². The number of hydrogen-bond acceptors (Lipinski definition) is 4. The van der Waals surface area contributed by atoms with E-state index in [9.17, 15) is 9.59 Å². The summed E-state index contributed by atoms with van der Waals surface area (Å²) in [4.78, 5) is 29.1. The van der Waals surface area contributed by atoms with Gasteiger partial charge in [0.25, 0.3) is 0 Å². The van der Waals surface area contributed by atoms with Crippen LogP contribution in [-0.2, 0) is 16.1 Å². The van der Waals surface area contributed by atoms with Crippen LogP contribution >= 0.6 is 0 Å². The van der Waals surface area contributed by atoms with E-state index in [2.05, 4.69) is 34.7 Å². The van der Waals surface area contributed by atoms with Crippen molar-refractivity contribution in [2.75, 3.05) is 35.8 Å². The maximum atomic E-state index is 12.9. The number of benzene rings is 2. The van der Waals surface area contributed by atoms with Crippen molar-refractivity contribution in [3.63, 3.8) is 0 Å². The van der Waals surface area contributed by atoms with E-state index in [1.165, 1.54) is 0 Å². The molecule has 1 aromatic heterocycles. The van der Waals surface area contributed by atoms with Gasteiger partial charge in [-0.25, -0.2) is 4.68 Å². The lowest BCUT2D eigenvalue weighted by Gasteiger charge is -2.17. The molecule has 160 valence electrons. The normalized spacial score (nSPS) is 15.9. The zero-order chi connectivity index (χ0) is 22.0. The third-order valence-corrected chi connectivity index (χ3v) is 5.59. The topological polar surface area (TPSA) is 70.5 Å². The summed E-state index contributed by atoms with van der Waals surface area (Å²) >= 11 is 0. The Hall–Kier alpha value is -3.61. The lowest BCUT2D eigenvalue weighted by molar-refractivity contribution is -0.122. The maximum absolute atomic E-state index is 12.9. The average Bonchev–Trinajstić information content (AvgIpc) is 3.35. The van der Waals surface area contributed by atoms with Crippen LogP contribution in [0.2, 0.25) is 0 Å². The second-order valence-electron chi connectivity index (χ2n) is 8.17. The molecule has 0 radical (unpaired) electrons. The van der Waals surface area contributed by atoms with E-state index in [4.69, 9.17) is 0 Å². The van der Waals surface area contributed by atoms with E-state index in [0.717, 1.165) is 22.5 Å². The summed E-state index contributed by atoms with van der Waals surface area (Å²) < 4.78 is 1.76. The molecule has 0 spiro atoms. The summed E-state index contributed by atoms with van der Waals surface area (Å²) in [5.74, 6) is 0.0469. The number of aryl methyl sites for hydroxylation is 1. The lowest BCUT2D eigenvalue weighted by Crippen LogP contribution is -2.28. The van der Waals surface area contributed by atoms with Crippen molar-refractivity contribution < 1.29 is 9.59 Å². The first-order chi connectivity index (χ1) is 14.9. The first-order valence-corrected chi connectivity index (χ1v) is 10.4. The van der Waals surface area contributed by atoms with E-state index in [1.54, 1.807) is 21.8 Å². The van der Waals surface area contributed by atoms with Gasteiger partial charge in [-0.05, 0) is 36.8 Å². The molecule has 1 N–H and O–H groups in total. The van der Waals surface area contributed by atoms with Gasteiger partial charge in [-0.3, -0.25) is 9.59 Å².